The van der Waals surface area contributed by atoms with E-state index in [9.17, 15) is 129 Å². The smallest absolute Gasteiger partial charge is 0.420 e. The van der Waals surface area contributed by atoms with Gasteiger partial charge >= 0.3 is 133 Å². The lowest BCUT2D eigenvalue weighted by Crippen LogP contribution is -3.14. The van der Waals surface area contributed by atoms with Gasteiger partial charge in [-0.25, -0.2) is 0 Å². The van der Waals surface area contributed by atoms with Crippen LogP contribution in [0.1, 0.15) is 33.6 Å². The SMILES string of the molecule is CCC(C)(C)C(=O)OCCOCCOCCOCCC[Si](C)(C)O[Si](C)O[Si](O[Si](O[Si](O[Si](C)C)([Si]O)[Si]O)([Si](O[Si]O)([Si]O)[Si]O)[Si](O[Si]O)([Si]O)[Si]O)([Si](O[Si](O[Si]O)([Si]O)[Si]O)([Si](O[Si]O)([Si]O)[Si]O)[Si](O[Si]O)([Si]O)[Si]O)[Si](O[Si](O[Si]O)([Si]O)[Si](C)(C)O)([Si](O[Si]O)([Si]O)[Si]O)[Si](O[Si]O)([Si]O)[Si]O. The third kappa shape index (κ3) is 26.7. The molecule has 0 spiro atoms. The number of carbonyl (C=O) groups is 1. The molecule has 2 atom stereocenters. The molecule has 2 unspecified atom stereocenters. The lowest BCUT2D eigenvalue weighted by Gasteiger charge is -2.70. The van der Waals surface area contributed by atoms with Crippen molar-refractivity contribution in [3.05, 3.63) is 0 Å². The van der Waals surface area contributed by atoms with Gasteiger partial charge in [-0.2, -0.15) is 0 Å². The van der Waals surface area contributed by atoms with Crippen LogP contribution in [-0.4, -0.2) is 542 Å². The first-order chi connectivity index (χ1) is 51.8. The van der Waals surface area contributed by atoms with E-state index in [0.717, 1.165) is 19.6 Å². The minimum Gasteiger partial charge on any atom is -0.463 e. The summed E-state index contributed by atoms with van der Waals surface area (Å²) in [5, 5.41) is 0. The summed E-state index contributed by atoms with van der Waals surface area (Å²) in [6.07, 6.45) is 0.623. The Labute approximate surface area is 711 Å². The van der Waals surface area contributed by atoms with Crippen molar-refractivity contribution in [1.82, 2.24) is 0 Å². The number of rotatable bonds is 71. The number of carbonyl (C=O) groups excluding carboxylic acids is 1. The monoisotopic (exact) mass is 2250 g/mol. The third-order valence-corrected chi connectivity index (χ3v) is 321. The van der Waals surface area contributed by atoms with Gasteiger partial charge in [0.25, 0.3) is 73.9 Å². The van der Waals surface area contributed by atoms with Gasteiger partial charge in [0, 0.05) is 6.61 Å². The van der Waals surface area contributed by atoms with Gasteiger partial charge < -0.3 is 205 Å². The molecule has 88 heteroatoms. The van der Waals surface area contributed by atoms with E-state index in [-0.39, 0.29) is 64.7 Å². The maximum Gasteiger partial charge on any atom is 0.420 e. The summed E-state index contributed by atoms with van der Waals surface area (Å²) in [4.78, 5) is 335. The van der Waals surface area contributed by atoms with E-state index in [2.05, 4.69) is 0 Å². The van der Waals surface area contributed by atoms with Crippen molar-refractivity contribution < 1.29 is 210 Å². The Bertz CT molecular complexity index is 2400. The molecule has 0 saturated carbocycles. The Kier molecular flexibility index (Phi) is 59.0. The molecule has 0 bridgehead atoms. The van der Waals surface area contributed by atoms with Crippen molar-refractivity contribution in [2.24, 2.45) is 5.41 Å². The Morgan fingerprint density at radius 1 is 0.355 bits per heavy atom. The lowest BCUT2D eigenvalue weighted by molar-refractivity contribution is -0.155. The minimum absolute atomic E-state index is 0.00476. The van der Waals surface area contributed by atoms with E-state index in [4.69, 9.17) is 80.7 Å². The highest BCUT2D eigenvalue weighted by atomic mass is 30.5. The van der Waals surface area contributed by atoms with Crippen LogP contribution >= 0.6 is 0 Å². The van der Waals surface area contributed by atoms with Crippen LogP contribution in [0.3, 0.4) is 0 Å². The Hall–Kier alpha value is 6.82. The highest BCUT2D eigenvalue weighted by molar-refractivity contribution is 8.24. The van der Waals surface area contributed by atoms with E-state index < -0.39 is 371 Å². The first-order valence-electron chi connectivity index (χ1n) is 29.5. The van der Waals surface area contributed by atoms with Crippen molar-refractivity contribution in [3.63, 3.8) is 0 Å². The molecule has 26 N–H and O–H groups in total. The van der Waals surface area contributed by atoms with E-state index in [1.54, 1.807) is 13.8 Å². The largest absolute Gasteiger partial charge is 0.463 e. The first-order valence-corrected chi connectivity index (χ1v) is 113. The van der Waals surface area contributed by atoms with Gasteiger partial charge in [0.2, 0.25) is 147 Å². The van der Waals surface area contributed by atoms with Gasteiger partial charge in [-0.05, 0) is 78.6 Å². The molecule has 0 aromatic heterocycles. The van der Waals surface area contributed by atoms with Crippen LogP contribution in [0.4, 0.5) is 0 Å². The molecule has 0 aliphatic rings. The number of ether oxygens (including phenoxy) is 4. The molecule has 0 aromatic rings. The van der Waals surface area contributed by atoms with Gasteiger partial charge in [-0.15, -0.1) is 0 Å². The average molecular weight is 2260 g/mol. The first kappa shape index (κ1) is 117. The fraction of sp³-hybridized carbons (Fsp3) is 0.955. The second kappa shape index (κ2) is 55.5. The third-order valence-electron chi connectivity index (χ3n) is 14.8. The molecular formula is C22H76O46Si42. The molecule has 0 rings (SSSR count). The molecule has 52 radical (unpaired) electrons. The average Bonchev–Trinajstić information content (AvgIpc) is 0.638. The predicted octanol–water partition coefficient (Wildman–Crippen LogP) is -25.0. The van der Waals surface area contributed by atoms with Crippen molar-refractivity contribution in [2.45, 2.75) is 85.5 Å². The number of hydrogen-bond donors (Lipinski definition) is 26. The second-order valence-corrected chi connectivity index (χ2v) is 196. The van der Waals surface area contributed by atoms with E-state index >= 15 is 0 Å². The zero-order valence-corrected chi connectivity index (χ0v) is 101. The van der Waals surface area contributed by atoms with Crippen molar-refractivity contribution >= 4 is 371 Å². The molecular weight excluding hydrogens is 2180 g/mol. The Morgan fingerprint density at radius 3 is 0.982 bits per heavy atom. The minimum atomic E-state index is -8.28. The standard InChI is InChI=1S/C22H76O46Si42/c1-11-22(2,3)21(23)53-19-18-52-17-16-51-15-14-50-13-12-20-96(7,8)63-95(6)64-101(109(105(86-41,87-42)58-73-28,106(88-43,89-44)59-74-29)66-98(77-32,78-33)54-69-24,68-102(103(82-37,83-38)56-71-26,104(84-39,85-40)57-72-27)65-99(79-34,80-35)62-94(4)5)110(107(90-45,91-46)60-75-30,108(92-47,93-48)61-76-31)67-100(81-36,55-70-25)97(9,10)49/h24-49H,11-20H2,1-10H3. The van der Waals surface area contributed by atoms with Gasteiger partial charge in [0.15, 0.2) is 17.4 Å². The number of hydrogen-bond acceptors (Lipinski definition) is 46. The van der Waals surface area contributed by atoms with Gasteiger partial charge in [-0.3, -0.25) is 4.79 Å². The molecule has 0 amide bonds. The summed E-state index contributed by atoms with van der Waals surface area (Å²) in [5.41, 5.74) is -0.679. The fourth-order valence-corrected chi connectivity index (χ4v) is 520. The van der Waals surface area contributed by atoms with Crippen LogP contribution in [0.25, 0.3) is 0 Å². The molecule has 608 valence electrons. The van der Waals surface area contributed by atoms with E-state index in [1.165, 1.54) is 26.2 Å². The topological polar surface area (TPSA) is 718 Å². The lowest BCUT2D eigenvalue weighted by atomic mass is 9.91. The molecule has 0 fully saturated rings. The van der Waals surface area contributed by atoms with E-state index in [1.807, 2.05) is 6.92 Å². The summed E-state index contributed by atoms with van der Waals surface area (Å²) in [6.45, 7) is -40.3. The highest BCUT2D eigenvalue weighted by Gasteiger charge is 3.01. The van der Waals surface area contributed by atoms with Crippen LogP contribution in [0.15, 0.2) is 0 Å². The van der Waals surface area contributed by atoms with Crippen molar-refractivity contribution in [2.75, 3.05) is 46.2 Å². The van der Waals surface area contributed by atoms with Gasteiger partial charge in [-0.1, -0.05) is 6.92 Å². The predicted molar refractivity (Wildman–Crippen MR) is 434 cm³/mol. The quantitative estimate of drug-likeness (QED) is 0.0153. The van der Waals surface area contributed by atoms with Crippen LogP contribution in [0.2, 0.25) is 51.9 Å². The summed E-state index contributed by atoms with van der Waals surface area (Å²) >= 11 is 0. The Balaban J connectivity index is 12.3. The van der Waals surface area contributed by atoms with E-state index in [0.29, 0.717) is 6.42 Å². The molecule has 0 aromatic carbocycles. The molecule has 0 aliphatic heterocycles. The molecule has 110 heavy (non-hydrogen) atoms. The van der Waals surface area contributed by atoms with Gasteiger partial charge in [0.05, 0.1) is 38.4 Å². The molecule has 46 nitrogen and oxygen atoms in total. The van der Waals surface area contributed by atoms with Crippen molar-refractivity contribution in [1.29, 1.82) is 0 Å². The molecule has 0 aliphatic carbocycles. The summed E-state index contributed by atoms with van der Waals surface area (Å²) in [7, 11) is -106. The summed E-state index contributed by atoms with van der Waals surface area (Å²) < 4.78 is 125. The zero-order valence-electron chi connectivity index (χ0n) is 58.9. The van der Waals surface area contributed by atoms with Crippen LogP contribution < -0.4 is 0 Å². The second-order valence-electron chi connectivity index (χ2n) is 22.7. The maximum atomic E-state index is 13.2. The van der Waals surface area contributed by atoms with Crippen LogP contribution in [0.5, 0.6) is 0 Å². The summed E-state index contributed by atoms with van der Waals surface area (Å²) in [6, 6.07) is -0.0480. The molecule has 0 heterocycles. The summed E-state index contributed by atoms with van der Waals surface area (Å²) in [5.74, 6) is -0.384. The normalized spacial score (nSPS) is 15.4. The zero-order chi connectivity index (χ0) is 84.9. The maximum absolute atomic E-state index is 13.2. The fourth-order valence-electron chi connectivity index (χ4n) is 9.46. The van der Waals surface area contributed by atoms with Gasteiger partial charge in [0.1, 0.15) is 6.61 Å². The van der Waals surface area contributed by atoms with Crippen LogP contribution in [0, 0.1) is 5.41 Å². The van der Waals surface area contributed by atoms with Crippen LogP contribution in [-0.2, 0) is 85.5 Å². The molecule has 0 saturated heterocycles. The van der Waals surface area contributed by atoms with Crippen molar-refractivity contribution in [3.8, 4) is 0 Å². The number of esters is 1. The highest BCUT2D eigenvalue weighted by Crippen LogP contribution is 2.54. The Morgan fingerprint density at radius 2 is 0.682 bits per heavy atom.